The number of aryl methyl sites for hydroxylation is 1. The molecule has 2 aromatic rings. The number of hydrogen-bond acceptors (Lipinski definition) is 4. The number of unbranched alkanes of at least 4 members (excludes halogenated alkanes) is 1. The molecule has 28 heavy (non-hydrogen) atoms. The van der Waals surface area contributed by atoms with E-state index in [0.29, 0.717) is 13.0 Å². The maximum absolute atomic E-state index is 11.7. The summed E-state index contributed by atoms with van der Waals surface area (Å²) in [5.74, 6) is 1.06. The van der Waals surface area contributed by atoms with E-state index in [2.05, 4.69) is 40.3 Å². The summed E-state index contributed by atoms with van der Waals surface area (Å²) in [6.45, 7) is 7.66. The Morgan fingerprint density at radius 1 is 1.29 bits per heavy atom. The van der Waals surface area contributed by atoms with Gasteiger partial charge in [0.15, 0.2) is 0 Å². The highest BCUT2D eigenvalue weighted by molar-refractivity contribution is 5.85. The van der Waals surface area contributed by atoms with Gasteiger partial charge in [-0.25, -0.2) is 0 Å². The summed E-state index contributed by atoms with van der Waals surface area (Å²) in [7, 11) is 0. The van der Waals surface area contributed by atoms with Crippen LogP contribution in [0.25, 0.3) is 10.9 Å². The Balaban J connectivity index is 1.59. The Hall–Kier alpha value is -2.14. The Morgan fingerprint density at radius 3 is 2.86 bits per heavy atom. The number of carbonyl (C=O) groups is 1. The van der Waals surface area contributed by atoms with Crippen LogP contribution < -0.4 is 10.1 Å². The SMILES string of the molecule is CCCCc1cc(OC2CCN(CCC(=O)NCC)CC2)c2ncccc2c1. The van der Waals surface area contributed by atoms with Crippen molar-refractivity contribution in [1.29, 1.82) is 0 Å². The van der Waals surface area contributed by atoms with Crippen molar-refractivity contribution >= 4 is 16.8 Å². The standard InChI is InChI=1S/C23H33N3O2/c1-3-5-7-18-16-19-8-6-12-25-23(19)21(17-18)28-20-9-13-26(14-10-20)15-11-22(27)24-4-2/h6,8,12,16-17,20H,3-5,7,9-11,13-15H2,1-2H3,(H,24,27). The highest BCUT2D eigenvalue weighted by Crippen LogP contribution is 2.29. The predicted octanol–water partition coefficient (Wildman–Crippen LogP) is 3.95. The number of benzene rings is 1. The van der Waals surface area contributed by atoms with E-state index in [1.165, 1.54) is 18.4 Å². The van der Waals surface area contributed by atoms with Crippen molar-refractivity contribution in [3.05, 3.63) is 36.0 Å². The lowest BCUT2D eigenvalue weighted by atomic mass is 10.0. The molecule has 1 aromatic heterocycles. The molecule has 1 amide bonds. The number of carbonyl (C=O) groups excluding carboxylic acids is 1. The van der Waals surface area contributed by atoms with Crippen LogP contribution in [0, 0.1) is 0 Å². The lowest BCUT2D eigenvalue weighted by molar-refractivity contribution is -0.121. The van der Waals surface area contributed by atoms with Gasteiger partial charge in [-0.2, -0.15) is 0 Å². The molecule has 0 spiro atoms. The van der Waals surface area contributed by atoms with Gasteiger partial charge in [-0.05, 0) is 56.4 Å². The molecule has 0 saturated carbocycles. The largest absolute Gasteiger partial charge is 0.488 e. The molecule has 2 heterocycles. The van der Waals surface area contributed by atoms with Gasteiger partial charge in [0.25, 0.3) is 0 Å². The first-order valence-electron chi connectivity index (χ1n) is 10.7. The van der Waals surface area contributed by atoms with Crippen molar-refractivity contribution in [2.75, 3.05) is 26.2 Å². The summed E-state index contributed by atoms with van der Waals surface area (Å²) in [5, 5.41) is 4.02. The van der Waals surface area contributed by atoms with E-state index in [9.17, 15) is 4.79 Å². The molecule has 1 fully saturated rings. The minimum Gasteiger partial charge on any atom is -0.488 e. The van der Waals surface area contributed by atoms with Crippen molar-refractivity contribution in [2.24, 2.45) is 0 Å². The molecule has 0 atom stereocenters. The van der Waals surface area contributed by atoms with Crippen molar-refractivity contribution in [2.45, 2.75) is 58.5 Å². The molecule has 0 bridgehead atoms. The van der Waals surface area contributed by atoms with E-state index in [0.717, 1.165) is 55.5 Å². The highest BCUT2D eigenvalue weighted by atomic mass is 16.5. The van der Waals surface area contributed by atoms with Crippen LogP contribution in [0.15, 0.2) is 30.5 Å². The van der Waals surface area contributed by atoms with Crippen LogP contribution in [0.2, 0.25) is 0 Å². The second-order valence-electron chi connectivity index (χ2n) is 7.63. The number of ether oxygens (including phenoxy) is 1. The maximum atomic E-state index is 11.7. The Morgan fingerprint density at radius 2 is 2.11 bits per heavy atom. The summed E-state index contributed by atoms with van der Waals surface area (Å²) in [6.07, 6.45) is 8.07. The average Bonchev–Trinajstić information content (AvgIpc) is 2.72. The van der Waals surface area contributed by atoms with Crippen LogP contribution in [0.4, 0.5) is 0 Å². The smallest absolute Gasteiger partial charge is 0.221 e. The van der Waals surface area contributed by atoms with Gasteiger partial charge < -0.3 is 15.0 Å². The zero-order chi connectivity index (χ0) is 19.8. The monoisotopic (exact) mass is 383 g/mol. The third-order valence-electron chi connectivity index (χ3n) is 5.41. The van der Waals surface area contributed by atoms with Crippen molar-refractivity contribution < 1.29 is 9.53 Å². The fraction of sp³-hybridized carbons (Fsp3) is 0.565. The lowest BCUT2D eigenvalue weighted by Gasteiger charge is -2.32. The summed E-state index contributed by atoms with van der Waals surface area (Å²) >= 11 is 0. The van der Waals surface area contributed by atoms with E-state index in [1.54, 1.807) is 0 Å². The minimum atomic E-state index is 0.141. The van der Waals surface area contributed by atoms with Crippen molar-refractivity contribution in [3.63, 3.8) is 0 Å². The molecule has 3 rings (SSSR count). The van der Waals surface area contributed by atoms with Gasteiger partial charge in [-0.15, -0.1) is 0 Å². The number of pyridine rings is 1. The van der Waals surface area contributed by atoms with Gasteiger partial charge in [0, 0.05) is 44.2 Å². The minimum absolute atomic E-state index is 0.141. The summed E-state index contributed by atoms with van der Waals surface area (Å²) in [4.78, 5) is 18.6. The number of piperidine rings is 1. The van der Waals surface area contributed by atoms with Gasteiger partial charge in [-0.1, -0.05) is 19.4 Å². The summed E-state index contributed by atoms with van der Waals surface area (Å²) < 4.78 is 6.43. The molecule has 1 aromatic carbocycles. The second kappa shape index (κ2) is 10.4. The molecule has 1 aliphatic rings. The number of nitrogens with zero attached hydrogens (tertiary/aromatic N) is 2. The van der Waals surface area contributed by atoms with E-state index in [-0.39, 0.29) is 12.0 Å². The second-order valence-corrected chi connectivity index (χ2v) is 7.63. The highest BCUT2D eigenvalue weighted by Gasteiger charge is 2.22. The van der Waals surface area contributed by atoms with Crippen LogP contribution in [0.5, 0.6) is 5.75 Å². The zero-order valence-electron chi connectivity index (χ0n) is 17.2. The Bertz CT molecular complexity index is 770. The van der Waals surface area contributed by atoms with Gasteiger partial charge in [0.05, 0.1) is 0 Å². The molecule has 0 aliphatic carbocycles. The molecule has 0 unspecified atom stereocenters. The topological polar surface area (TPSA) is 54.5 Å². The molecule has 5 nitrogen and oxygen atoms in total. The van der Waals surface area contributed by atoms with Crippen LogP contribution in [-0.2, 0) is 11.2 Å². The average molecular weight is 384 g/mol. The van der Waals surface area contributed by atoms with Crippen LogP contribution in [0.3, 0.4) is 0 Å². The van der Waals surface area contributed by atoms with Gasteiger partial charge in [-0.3, -0.25) is 9.78 Å². The maximum Gasteiger partial charge on any atom is 0.221 e. The molecule has 152 valence electrons. The normalized spacial score (nSPS) is 15.6. The molecule has 5 heteroatoms. The molecule has 1 saturated heterocycles. The number of hydrogen-bond donors (Lipinski definition) is 1. The van der Waals surface area contributed by atoms with E-state index in [4.69, 9.17) is 4.74 Å². The molecular formula is C23H33N3O2. The number of rotatable bonds is 9. The number of aromatic nitrogens is 1. The Kier molecular flexibility index (Phi) is 7.66. The molecular weight excluding hydrogens is 350 g/mol. The lowest BCUT2D eigenvalue weighted by Crippen LogP contribution is -2.40. The van der Waals surface area contributed by atoms with Crippen molar-refractivity contribution in [1.82, 2.24) is 15.2 Å². The first-order valence-corrected chi connectivity index (χ1v) is 10.7. The number of nitrogens with one attached hydrogen (secondary N) is 1. The number of amides is 1. The predicted molar refractivity (Wildman–Crippen MR) is 114 cm³/mol. The first-order chi connectivity index (χ1) is 13.7. The first kappa shape index (κ1) is 20.6. The number of fused-ring (bicyclic) bond motifs is 1. The fourth-order valence-electron chi connectivity index (χ4n) is 3.81. The number of likely N-dealkylation sites (tertiary alicyclic amines) is 1. The van der Waals surface area contributed by atoms with Gasteiger partial charge in [0.1, 0.15) is 17.4 Å². The summed E-state index contributed by atoms with van der Waals surface area (Å²) in [5.41, 5.74) is 2.29. The third-order valence-corrected chi connectivity index (χ3v) is 5.41. The van der Waals surface area contributed by atoms with E-state index >= 15 is 0 Å². The van der Waals surface area contributed by atoms with Crippen LogP contribution in [0.1, 0.15) is 51.5 Å². The molecule has 1 N–H and O–H groups in total. The van der Waals surface area contributed by atoms with Crippen LogP contribution in [-0.4, -0.2) is 48.1 Å². The summed E-state index contributed by atoms with van der Waals surface area (Å²) in [6, 6.07) is 8.54. The van der Waals surface area contributed by atoms with Gasteiger partial charge >= 0.3 is 0 Å². The van der Waals surface area contributed by atoms with Crippen LogP contribution >= 0.6 is 0 Å². The van der Waals surface area contributed by atoms with E-state index in [1.807, 2.05) is 19.2 Å². The van der Waals surface area contributed by atoms with Gasteiger partial charge in [0.2, 0.25) is 5.91 Å². The quantitative estimate of drug-likeness (QED) is 0.712. The van der Waals surface area contributed by atoms with E-state index < -0.39 is 0 Å². The zero-order valence-corrected chi connectivity index (χ0v) is 17.2. The van der Waals surface area contributed by atoms with Crippen molar-refractivity contribution in [3.8, 4) is 5.75 Å². The molecule has 1 aliphatic heterocycles. The third kappa shape index (κ3) is 5.68. The molecule has 0 radical (unpaired) electrons. The fourth-order valence-corrected chi connectivity index (χ4v) is 3.81. The Labute approximate surface area is 168 Å².